The summed E-state index contributed by atoms with van der Waals surface area (Å²) in [6.45, 7) is 1.30. The predicted octanol–water partition coefficient (Wildman–Crippen LogP) is -0.0144. The molecule has 1 amide bonds. The second-order valence-electron chi connectivity index (χ2n) is 7.13. The Morgan fingerprint density at radius 1 is 1.32 bits per heavy atom. The van der Waals surface area contributed by atoms with E-state index in [1.54, 1.807) is 25.5 Å². The van der Waals surface area contributed by atoms with E-state index in [2.05, 4.69) is 15.3 Å². The molecule has 2 atom stereocenters. The van der Waals surface area contributed by atoms with Crippen molar-refractivity contribution in [2.75, 3.05) is 31.6 Å². The van der Waals surface area contributed by atoms with Gasteiger partial charge in [0.05, 0.1) is 16.7 Å². The van der Waals surface area contributed by atoms with Gasteiger partial charge in [-0.2, -0.15) is 4.31 Å². The summed E-state index contributed by atoms with van der Waals surface area (Å²) in [6, 6.07) is 1.51. The number of hydrogen-bond donors (Lipinski definition) is 1. The van der Waals surface area contributed by atoms with E-state index in [1.807, 2.05) is 4.90 Å². The van der Waals surface area contributed by atoms with Crippen LogP contribution in [0.4, 0.5) is 5.95 Å². The molecule has 8 nitrogen and oxygen atoms in total. The molecular formula is C16H23N5O3S. The van der Waals surface area contributed by atoms with Crippen molar-refractivity contribution in [2.45, 2.75) is 37.0 Å². The monoisotopic (exact) mass is 365 g/mol. The molecule has 3 fully saturated rings. The molecule has 3 heterocycles. The van der Waals surface area contributed by atoms with Crippen molar-refractivity contribution in [3.63, 3.8) is 0 Å². The van der Waals surface area contributed by atoms with Crippen molar-refractivity contribution in [1.82, 2.24) is 19.6 Å². The summed E-state index contributed by atoms with van der Waals surface area (Å²) in [5, 5.41) is 2.49. The van der Waals surface area contributed by atoms with E-state index in [0.29, 0.717) is 18.9 Å². The molecule has 136 valence electrons. The number of fused-ring (bicyclic) bond motifs is 1. The Labute approximate surface area is 147 Å². The number of anilines is 1. The molecule has 25 heavy (non-hydrogen) atoms. The summed E-state index contributed by atoms with van der Waals surface area (Å²) in [6.07, 6.45) is 6.28. The third kappa shape index (κ3) is 2.60. The summed E-state index contributed by atoms with van der Waals surface area (Å²) in [7, 11) is -1.71. The average molecular weight is 365 g/mol. The van der Waals surface area contributed by atoms with Gasteiger partial charge in [0.2, 0.25) is 21.9 Å². The zero-order valence-electron chi connectivity index (χ0n) is 14.3. The van der Waals surface area contributed by atoms with Gasteiger partial charge in [-0.15, -0.1) is 0 Å². The molecule has 1 aromatic rings. The Kier molecular flexibility index (Phi) is 3.95. The van der Waals surface area contributed by atoms with Crippen molar-refractivity contribution in [2.24, 2.45) is 5.41 Å². The Morgan fingerprint density at radius 2 is 2.04 bits per heavy atom. The lowest BCUT2D eigenvalue weighted by molar-refractivity contribution is -0.131. The number of sulfonamides is 1. The summed E-state index contributed by atoms with van der Waals surface area (Å²) in [5.41, 5.74) is -0.742. The number of carbonyl (C=O) groups excluding carboxylic acids is 1. The van der Waals surface area contributed by atoms with Gasteiger partial charge in [-0.05, 0) is 31.7 Å². The molecule has 0 spiro atoms. The molecule has 1 saturated carbocycles. The molecule has 1 aliphatic carbocycles. The van der Waals surface area contributed by atoms with E-state index in [4.69, 9.17) is 0 Å². The van der Waals surface area contributed by atoms with E-state index >= 15 is 0 Å². The number of amides is 1. The molecule has 2 aliphatic heterocycles. The van der Waals surface area contributed by atoms with Crippen LogP contribution >= 0.6 is 0 Å². The van der Waals surface area contributed by atoms with Gasteiger partial charge in [0.25, 0.3) is 0 Å². The number of nitrogens with one attached hydrogen (secondary N) is 1. The minimum atomic E-state index is -3.32. The molecule has 4 rings (SSSR count). The largest absolute Gasteiger partial charge is 0.359 e. The first kappa shape index (κ1) is 16.7. The zero-order valence-corrected chi connectivity index (χ0v) is 15.1. The number of aromatic nitrogens is 2. The van der Waals surface area contributed by atoms with E-state index in [-0.39, 0.29) is 23.7 Å². The first-order valence-electron chi connectivity index (χ1n) is 8.74. The van der Waals surface area contributed by atoms with Crippen LogP contribution in [-0.2, 0) is 14.8 Å². The third-order valence-electron chi connectivity index (χ3n) is 5.66. The molecule has 1 N–H and O–H groups in total. The Hall–Kier alpha value is -1.74. The van der Waals surface area contributed by atoms with Crippen LogP contribution in [0.2, 0.25) is 0 Å². The van der Waals surface area contributed by atoms with Gasteiger partial charge in [-0.3, -0.25) is 4.79 Å². The number of hydrogen-bond acceptors (Lipinski definition) is 6. The van der Waals surface area contributed by atoms with Crippen LogP contribution < -0.4 is 10.2 Å². The normalized spacial score (nSPS) is 30.1. The SMILES string of the molecule is CNC(=O)[C@]12CCCN(c3ncccn3)[C@H]1CN(S(=O)(=O)C1CC1)C2. The first-order valence-corrected chi connectivity index (χ1v) is 10.2. The van der Waals surface area contributed by atoms with Crippen LogP contribution in [0.15, 0.2) is 18.5 Å². The Balaban J connectivity index is 1.72. The van der Waals surface area contributed by atoms with Crippen LogP contribution in [0.3, 0.4) is 0 Å². The molecule has 0 bridgehead atoms. The maximum Gasteiger partial charge on any atom is 0.229 e. The lowest BCUT2D eigenvalue weighted by Crippen LogP contribution is -2.58. The smallest absolute Gasteiger partial charge is 0.229 e. The highest BCUT2D eigenvalue weighted by Gasteiger charge is 2.59. The Bertz CT molecular complexity index is 767. The molecule has 0 unspecified atom stereocenters. The highest BCUT2D eigenvalue weighted by molar-refractivity contribution is 7.90. The lowest BCUT2D eigenvalue weighted by atomic mass is 9.74. The highest BCUT2D eigenvalue weighted by Crippen LogP contribution is 2.45. The van der Waals surface area contributed by atoms with Crippen LogP contribution in [0.5, 0.6) is 0 Å². The van der Waals surface area contributed by atoms with Crippen molar-refractivity contribution in [3.8, 4) is 0 Å². The second kappa shape index (κ2) is 5.91. The standard InChI is InChI=1S/C16H23N5O3S/c1-17-14(22)16-6-2-9-21(15-18-7-3-8-19-15)13(16)10-20(11-16)25(23,24)12-4-5-12/h3,7-8,12-13H,2,4-6,9-11H2,1H3,(H,17,22)/t13-,16-/m0/s1. The minimum absolute atomic E-state index is 0.0911. The topological polar surface area (TPSA) is 95.5 Å². The fraction of sp³-hybridized carbons (Fsp3) is 0.688. The van der Waals surface area contributed by atoms with Crippen molar-refractivity contribution >= 4 is 21.9 Å². The van der Waals surface area contributed by atoms with Gasteiger partial charge in [0, 0.05) is 39.1 Å². The molecule has 3 aliphatic rings. The molecule has 9 heteroatoms. The van der Waals surface area contributed by atoms with Crippen LogP contribution in [0.25, 0.3) is 0 Å². The van der Waals surface area contributed by atoms with Crippen molar-refractivity contribution in [1.29, 1.82) is 0 Å². The molecule has 2 saturated heterocycles. The van der Waals surface area contributed by atoms with E-state index in [0.717, 1.165) is 25.8 Å². The van der Waals surface area contributed by atoms with Crippen LogP contribution in [0, 0.1) is 5.41 Å². The second-order valence-corrected chi connectivity index (χ2v) is 9.35. The number of nitrogens with zero attached hydrogens (tertiary/aromatic N) is 4. The molecular weight excluding hydrogens is 342 g/mol. The minimum Gasteiger partial charge on any atom is -0.359 e. The maximum absolute atomic E-state index is 12.8. The van der Waals surface area contributed by atoms with Gasteiger partial charge in [-0.25, -0.2) is 18.4 Å². The summed E-state index contributed by atoms with van der Waals surface area (Å²) in [5.74, 6) is 0.470. The lowest BCUT2D eigenvalue weighted by Gasteiger charge is -2.44. The Morgan fingerprint density at radius 3 is 2.68 bits per heavy atom. The summed E-state index contributed by atoms with van der Waals surface area (Å²) >= 11 is 0. The number of carbonyl (C=O) groups is 1. The van der Waals surface area contributed by atoms with Gasteiger partial charge < -0.3 is 10.2 Å². The van der Waals surface area contributed by atoms with Crippen molar-refractivity contribution < 1.29 is 13.2 Å². The highest BCUT2D eigenvalue weighted by atomic mass is 32.2. The average Bonchev–Trinajstić information content (AvgIpc) is 3.41. The van der Waals surface area contributed by atoms with E-state index < -0.39 is 15.4 Å². The van der Waals surface area contributed by atoms with Gasteiger partial charge in [-0.1, -0.05) is 0 Å². The van der Waals surface area contributed by atoms with E-state index in [9.17, 15) is 13.2 Å². The fourth-order valence-corrected chi connectivity index (χ4v) is 6.16. The molecule has 0 radical (unpaired) electrons. The van der Waals surface area contributed by atoms with E-state index in [1.165, 1.54) is 4.31 Å². The zero-order chi connectivity index (χ0) is 17.7. The molecule has 1 aromatic heterocycles. The van der Waals surface area contributed by atoms with Gasteiger partial charge >= 0.3 is 0 Å². The van der Waals surface area contributed by atoms with Gasteiger partial charge in [0.15, 0.2) is 0 Å². The number of piperidine rings is 1. The first-order chi connectivity index (χ1) is 12.0. The summed E-state index contributed by atoms with van der Waals surface area (Å²) < 4.78 is 27.1. The molecule has 0 aromatic carbocycles. The predicted molar refractivity (Wildman–Crippen MR) is 92.4 cm³/mol. The number of rotatable bonds is 4. The third-order valence-corrected chi connectivity index (χ3v) is 7.98. The van der Waals surface area contributed by atoms with Crippen LogP contribution in [-0.4, -0.2) is 66.6 Å². The van der Waals surface area contributed by atoms with Crippen molar-refractivity contribution in [3.05, 3.63) is 18.5 Å². The summed E-state index contributed by atoms with van der Waals surface area (Å²) in [4.78, 5) is 23.5. The van der Waals surface area contributed by atoms with Gasteiger partial charge in [0.1, 0.15) is 0 Å². The quantitative estimate of drug-likeness (QED) is 0.806. The van der Waals surface area contributed by atoms with Crippen LogP contribution in [0.1, 0.15) is 25.7 Å². The maximum atomic E-state index is 12.8. The fourth-order valence-electron chi connectivity index (χ4n) is 4.25.